The molecule has 2 heterocycles. The predicted molar refractivity (Wildman–Crippen MR) is 110 cm³/mol. The maximum Gasteiger partial charge on any atom is 0.322 e. The number of para-hydroxylation sites is 1. The molecule has 0 unspecified atom stereocenters. The normalized spacial score (nSPS) is 28.9. The Bertz CT molecular complexity index is 741. The zero-order valence-electron chi connectivity index (χ0n) is 17.6. The highest BCUT2D eigenvalue weighted by atomic mass is 16.5. The quantitative estimate of drug-likeness (QED) is 0.415. The highest BCUT2D eigenvalue weighted by Gasteiger charge is 2.54. The van der Waals surface area contributed by atoms with Crippen molar-refractivity contribution < 1.29 is 23.8 Å². The molecule has 158 valence electrons. The van der Waals surface area contributed by atoms with Crippen LogP contribution in [0.4, 0.5) is 0 Å². The molecular formula is C23H31NO5. The summed E-state index contributed by atoms with van der Waals surface area (Å²) in [6.07, 6.45) is 1.77. The fourth-order valence-electron chi connectivity index (χ4n) is 4.16. The Morgan fingerprint density at radius 1 is 1.28 bits per heavy atom. The van der Waals surface area contributed by atoms with Gasteiger partial charge in [-0.1, -0.05) is 24.8 Å². The third-order valence-electron chi connectivity index (χ3n) is 6.16. The maximum atomic E-state index is 12.8. The summed E-state index contributed by atoms with van der Waals surface area (Å²) >= 11 is 0. The monoisotopic (exact) mass is 401 g/mol. The summed E-state index contributed by atoms with van der Waals surface area (Å²) in [5, 5.41) is 0. The van der Waals surface area contributed by atoms with Crippen molar-refractivity contribution in [3.05, 3.63) is 42.5 Å². The molecule has 0 N–H and O–H groups in total. The Morgan fingerprint density at radius 2 is 1.93 bits per heavy atom. The van der Waals surface area contributed by atoms with Crippen molar-refractivity contribution in [1.29, 1.82) is 0 Å². The number of ether oxygens (including phenoxy) is 3. The van der Waals surface area contributed by atoms with E-state index in [-0.39, 0.29) is 11.9 Å². The number of rotatable bonds is 6. The Morgan fingerprint density at radius 3 is 2.55 bits per heavy atom. The van der Waals surface area contributed by atoms with Gasteiger partial charge in [-0.05, 0) is 45.2 Å². The van der Waals surface area contributed by atoms with Gasteiger partial charge >= 0.3 is 5.97 Å². The molecule has 29 heavy (non-hydrogen) atoms. The zero-order valence-corrected chi connectivity index (χ0v) is 17.6. The predicted octanol–water partition coefficient (Wildman–Crippen LogP) is 3.01. The Kier molecular flexibility index (Phi) is 6.75. The Labute approximate surface area is 172 Å². The summed E-state index contributed by atoms with van der Waals surface area (Å²) in [6.45, 7) is 9.80. The lowest BCUT2D eigenvalue weighted by Crippen LogP contribution is -2.56. The van der Waals surface area contributed by atoms with E-state index in [9.17, 15) is 9.59 Å². The molecule has 3 atom stereocenters. The highest BCUT2D eigenvalue weighted by Crippen LogP contribution is 2.38. The maximum absolute atomic E-state index is 12.8. The number of piperidine rings is 1. The minimum Gasteiger partial charge on any atom is -0.490 e. The minimum atomic E-state index is -1.34. The summed E-state index contributed by atoms with van der Waals surface area (Å²) < 4.78 is 17.0. The second-order valence-electron chi connectivity index (χ2n) is 8.08. The first-order valence-corrected chi connectivity index (χ1v) is 10.3. The van der Waals surface area contributed by atoms with Gasteiger partial charge in [-0.15, -0.1) is 0 Å². The lowest BCUT2D eigenvalue weighted by atomic mass is 9.73. The summed E-state index contributed by atoms with van der Waals surface area (Å²) in [7, 11) is 1.30. The fourth-order valence-corrected chi connectivity index (χ4v) is 4.16. The number of benzene rings is 1. The lowest BCUT2D eigenvalue weighted by molar-refractivity contribution is -0.175. The molecule has 6 nitrogen and oxygen atoms in total. The second-order valence-corrected chi connectivity index (χ2v) is 8.08. The molecule has 2 aliphatic rings. The van der Waals surface area contributed by atoms with Gasteiger partial charge in [-0.3, -0.25) is 9.59 Å². The number of hydrogen-bond acceptors (Lipinski definition) is 6. The van der Waals surface area contributed by atoms with Gasteiger partial charge < -0.3 is 19.1 Å². The first kappa shape index (κ1) is 21.5. The average Bonchev–Trinajstić information content (AvgIpc) is 2.75. The molecule has 0 bridgehead atoms. The third kappa shape index (κ3) is 4.54. The van der Waals surface area contributed by atoms with Crippen LogP contribution in [0.3, 0.4) is 0 Å². The number of carbonyl (C=O) groups is 2. The molecule has 0 radical (unpaired) electrons. The average molecular weight is 402 g/mol. The van der Waals surface area contributed by atoms with Gasteiger partial charge in [0.2, 0.25) is 0 Å². The van der Waals surface area contributed by atoms with Crippen LogP contribution >= 0.6 is 0 Å². The van der Waals surface area contributed by atoms with Gasteiger partial charge in [0.1, 0.15) is 11.9 Å². The number of likely N-dealkylation sites (tertiary alicyclic amines) is 1. The van der Waals surface area contributed by atoms with Gasteiger partial charge in [0.15, 0.2) is 11.2 Å². The molecule has 2 aliphatic heterocycles. The van der Waals surface area contributed by atoms with E-state index in [0.717, 1.165) is 38.2 Å². The smallest absolute Gasteiger partial charge is 0.322 e. The van der Waals surface area contributed by atoms with Crippen molar-refractivity contribution in [1.82, 2.24) is 4.90 Å². The van der Waals surface area contributed by atoms with E-state index < -0.39 is 23.6 Å². The number of hydrogen-bond donors (Lipinski definition) is 0. The molecular weight excluding hydrogens is 370 g/mol. The standard InChI is InChI=1S/C23H31NO5/c1-16-17(2)28-20(23(3,21(16)25)22(26)27-4)12-15-24-13-10-19(11-14-24)29-18-8-6-5-7-9-18/h5-9,17,19-20H,1,10-15H2,2-4H3/t17-,20+,23+/m0/s1. The lowest BCUT2D eigenvalue weighted by Gasteiger charge is -2.42. The van der Waals surface area contributed by atoms with Crippen LogP contribution in [0, 0.1) is 5.41 Å². The zero-order chi connectivity index (χ0) is 21.0. The van der Waals surface area contributed by atoms with E-state index in [1.54, 1.807) is 13.8 Å². The molecule has 1 aromatic rings. The van der Waals surface area contributed by atoms with Gasteiger partial charge in [-0.2, -0.15) is 0 Å². The van der Waals surface area contributed by atoms with Crippen LogP contribution in [0.2, 0.25) is 0 Å². The molecule has 0 aliphatic carbocycles. The summed E-state index contributed by atoms with van der Waals surface area (Å²) in [5.74, 6) is 0.0710. The van der Waals surface area contributed by atoms with Crippen LogP contribution in [0.25, 0.3) is 0 Å². The van der Waals surface area contributed by atoms with Crippen molar-refractivity contribution in [2.24, 2.45) is 5.41 Å². The van der Waals surface area contributed by atoms with Crippen LogP contribution in [0.5, 0.6) is 5.75 Å². The van der Waals surface area contributed by atoms with Gasteiger partial charge in [0.25, 0.3) is 0 Å². The number of methoxy groups -OCH3 is 1. The Balaban J connectivity index is 1.55. The number of esters is 1. The SMILES string of the molecule is C=C1C(=O)[C@](C)(C(=O)OC)[C@@H](CCN2CCC(Oc3ccccc3)CC2)O[C@H]1C. The van der Waals surface area contributed by atoms with Crippen molar-refractivity contribution in [2.45, 2.75) is 51.4 Å². The van der Waals surface area contributed by atoms with Crippen molar-refractivity contribution >= 4 is 11.8 Å². The highest BCUT2D eigenvalue weighted by molar-refractivity contribution is 6.13. The van der Waals surface area contributed by atoms with Gasteiger partial charge in [-0.25, -0.2) is 0 Å². The van der Waals surface area contributed by atoms with Crippen molar-refractivity contribution in [3.8, 4) is 5.75 Å². The molecule has 6 heteroatoms. The largest absolute Gasteiger partial charge is 0.490 e. The number of carbonyl (C=O) groups excluding carboxylic acids is 2. The van der Waals surface area contributed by atoms with E-state index in [2.05, 4.69) is 11.5 Å². The number of ketones is 1. The van der Waals surface area contributed by atoms with E-state index in [4.69, 9.17) is 14.2 Å². The van der Waals surface area contributed by atoms with Crippen molar-refractivity contribution in [2.75, 3.05) is 26.7 Å². The van der Waals surface area contributed by atoms with Crippen LogP contribution < -0.4 is 4.74 Å². The second kappa shape index (κ2) is 9.09. The molecule has 0 saturated carbocycles. The summed E-state index contributed by atoms with van der Waals surface area (Å²) in [5.41, 5.74) is -1.01. The molecule has 3 rings (SSSR count). The van der Waals surface area contributed by atoms with E-state index >= 15 is 0 Å². The first-order valence-electron chi connectivity index (χ1n) is 10.3. The van der Waals surface area contributed by atoms with Crippen LogP contribution in [0.15, 0.2) is 42.5 Å². The summed E-state index contributed by atoms with van der Waals surface area (Å²) in [4.78, 5) is 27.6. The molecule has 2 saturated heterocycles. The number of nitrogens with zero attached hydrogens (tertiary/aromatic N) is 1. The molecule has 0 amide bonds. The van der Waals surface area contributed by atoms with E-state index in [1.165, 1.54) is 7.11 Å². The minimum absolute atomic E-state index is 0.213. The molecule has 0 aromatic heterocycles. The number of Topliss-reactive ketones (excluding diaryl/α,β-unsaturated/α-hetero) is 1. The third-order valence-corrected chi connectivity index (χ3v) is 6.16. The van der Waals surface area contributed by atoms with Gasteiger partial charge in [0.05, 0.1) is 19.3 Å². The fraction of sp³-hybridized carbons (Fsp3) is 0.565. The van der Waals surface area contributed by atoms with Gasteiger partial charge in [0, 0.05) is 25.2 Å². The van der Waals surface area contributed by atoms with Crippen LogP contribution in [-0.4, -0.2) is 61.7 Å². The molecule has 2 fully saturated rings. The van der Waals surface area contributed by atoms with Crippen LogP contribution in [-0.2, 0) is 19.1 Å². The van der Waals surface area contributed by atoms with Crippen molar-refractivity contribution in [3.63, 3.8) is 0 Å². The van der Waals surface area contributed by atoms with Crippen LogP contribution in [0.1, 0.15) is 33.1 Å². The Hall–Kier alpha value is -2.18. The summed E-state index contributed by atoms with van der Waals surface area (Å²) in [6, 6.07) is 9.89. The van der Waals surface area contributed by atoms with E-state index in [1.807, 2.05) is 30.3 Å². The molecule has 0 spiro atoms. The van der Waals surface area contributed by atoms with E-state index in [0.29, 0.717) is 12.0 Å². The molecule has 1 aromatic carbocycles. The topological polar surface area (TPSA) is 65.1 Å². The first-order chi connectivity index (χ1) is 13.9.